The van der Waals surface area contributed by atoms with Crippen LogP contribution in [0.25, 0.3) is 35.1 Å². The molecule has 0 spiro atoms. The number of esters is 2. The fraction of sp³-hybridized carbons (Fsp3) is 0.200. The molecule has 0 aromatic heterocycles. The third-order valence-corrected chi connectivity index (χ3v) is 6.46. The zero-order valence-electron chi connectivity index (χ0n) is 23.3. The molecule has 0 radical (unpaired) electrons. The van der Waals surface area contributed by atoms with E-state index in [1.165, 1.54) is 13.8 Å². The Kier molecular flexibility index (Phi) is 9.53. The van der Waals surface area contributed by atoms with Gasteiger partial charge in [0, 0.05) is 19.4 Å². The van der Waals surface area contributed by atoms with Crippen molar-refractivity contribution in [2.75, 3.05) is 6.61 Å². The molecule has 40 heavy (non-hydrogen) atoms. The zero-order chi connectivity index (χ0) is 28.5. The highest BCUT2D eigenvalue weighted by Gasteiger charge is 2.09. The molecular formula is C35H34O5. The molecular weight excluding hydrogens is 500 g/mol. The zero-order valence-corrected chi connectivity index (χ0v) is 23.3. The third-order valence-electron chi connectivity index (χ3n) is 6.46. The van der Waals surface area contributed by atoms with E-state index < -0.39 is 0 Å². The fourth-order valence-corrected chi connectivity index (χ4v) is 4.10. The van der Waals surface area contributed by atoms with E-state index in [1.807, 2.05) is 42.5 Å². The van der Waals surface area contributed by atoms with E-state index in [1.54, 1.807) is 24.3 Å². The van der Waals surface area contributed by atoms with Gasteiger partial charge in [0.05, 0.1) is 6.61 Å². The van der Waals surface area contributed by atoms with E-state index in [2.05, 4.69) is 50.3 Å². The molecule has 5 nitrogen and oxygen atoms in total. The first kappa shape index (κ1) is 28.4. The highest BCUT2D eigenvalue weighted by Crippen LogP contribution is 2.32. The average molecular weight is 535 g/mol. The van der Waals surface area contributed by atoms with Gasteiger partial charge in [0.1, 0.15) is 17.2 Å². The fourth-order valence-electron chi connectivity index (χ4n) is 4.10. The van der Waals surface area contributed by atoms with Crippen molar-refractivity contribution in [3.05, 3.63) is 101 Å². The van der Waals surface area contributed by atoms with Crippen LogP contribution in [0.4, 0.5) is 0 Å². The van der Waals surface area contributed by atoms with Crippen molar-refractivity contribution < 1.29 is 23.8 Å². The molecule has 0 N–H and O–H groups in total. The van der Waals surface area contributed by atoms with Gasteiger partial charge in [-0.05, 0) is 69.8 Å². The van der Waals surface area contributed by atoms with E-state index in [0.29, 0.717) is 24.0 Å². The molecule has 0 fully saturated rings. The van der Waals surface area contributed by atoms with Crippen LogP contribution in [0.5, 0.6) is 17.2 Å². The van der Waals surface area contributed by atoms with Crippen molar-refractivity contribution >= 4 is 47.0 Å². The number of ether oxygens (including phenoxy) is 3. The van der Waals surface area contributed by atoms with Crippen LogP contribution < -0.4 is 14.2 Å². The summed E-state index contributed by atoms with van der Waals surface area (Å²) in [6, 6.07) is 25.3. The Morgan fingerprint density at radius 3 is 1.77 bits per heavy atom. The first-order chi connectivity index (χ1) is 19.3. The van der Waals surface area contributed by atoms with Gasteiger partial charge in [-0.3, -0.25) is 9.59 Å². The predicted octanol–water partition coefficient (Wildman–Crippen LogP) is 8.46. The second-order valence-corrected chi connectivity index (χ2v) is 9.77. The summed E-state index contributed by atoms with van der Waals surface area (Å²) in [5.74, 6) is 1.68. The first-order valence-corrected chi connectivity index (χ1v) is 13.4. The molecule has 0 saturated carbocycles. The van der Waals surface area contributed by atoms with Gasteiger partial charge in [-0.25, -0.2) is 0 Å². The molecule has 0 saturated heterocycles. The number of hydrogen-bond acceptors (Lipinski definition) is 5. The predicted molar refractivity (Wildman–Crippen MR) is 162 cm³/mol. The van der Waals surface area contributed by atoms with Crippen LogP contribution >= 0.6 is 0 Å². The van der Waals surface area contributed by atoms with Gasteiger partial charge in [-0.15, -0.1) is 0 Å². The molecule has 0 aliphatic rings. The van der Waals surface area contributed by atoms with Gasteiger partial charge in [0.25, 0.3) is 0 Å². The molecule has 0 aliphatic carbocycles. The summed E-state index contributed by atoms with van der Waals surface area (Å²) in [6.07, 6.45) is 9.26. The lowest BCUT2D eigenvalue weighted by atomic mass is 9.99. The highest BCUT2D eigenvalue weighted by molar-refractivity contribution is 5.96. The minimum absolute atomic E-state index is 0.334. The minimum Gasteiger partial charge on any atom is -0.493 e. The maximum Gasteiger partial charge on any atom is 0.308 e. The summed E-state index contributed by atoms with van der Waals surface area (Å²) in [5, 5.41) is 2.20. The number of fused-ring (bicyclic) bond motifs is 1. The second-order valence-electron chi connectivity index (χ2n) is 9.77. The number of carbonyl (C=O) groups is 2. The lowest BCUT2D eigenvalue weighted by Gasteiger charge is -2.15. The molecule has 0 heterocycles. The van der Waals surface area contributed by atoms with Crippen molar-refractivity contribution in [1.29, 1.82) is 0 Å². The molecule has 4 rings (SSSR count). The van der Waals surface area contributed by atoms with Gasteiger partial charge in [-0.1, -0.05) is 87.0 Å². The number of rotatable bonds is 10. The Bertz CT molecular complexity index is 1530. The van der Waals surface area contributed by atoms with Gasteiger partial charge >= 0.3 is 11.9 Å². The van der Waals surface area contributed by atoms with Crippen LogP contribution in [0.2, 0.25) is 0 Å². The maximum absolute atomic E-state index is 11.2. The van der Waals surface area contributed by atoms with E-state index in [9.17, 15) is 9.59 Å². The molecule has 4 aromatic carbocycles. The van der Waals surface area contributed by atoms with Crippen molar-refractivity contribution in [2.45, 2.75) is 34.1 Å². The van der Waals surface area contributed by atoms with Crippen LogP contribution in [-0.4, -0.2) is 18.5 Å². The first-order valence-electron chi connectivity index (χ1n) is 13.4. The van der Waals surface area contributed by atoms with Crippen LogP contribution in [-0.2, 0) is 9.59 Å². The molecule has 0 unspecified atom stereocenters. The Balaban J connectivity index is 1.61. The average Bonchev–Trinajstić information content (AvgIpc) is 2.94. The normalized spacial score (nSPS) is 12.1. The van der Waals surface area contributed by atoms with Gasteiger partial charge in [0.15, 0.2) is 0 Å². The Morgan fingerprint density at radius 1 is 0.700 bits per heavy atom. The van der Waals surface area contributed by atoms with Crippen LogP contribution in [0.1, 0.15) is 56.4 Å². The SMILES string of the molecule is CC[C@H](C)COc1ccc2cc(/C=C/c3ccc(OC(C)=O)cc3)ccc2c1/C=C/c1ccc(OC(C)=O)cc1. The summed E-state index contributed by atoms with van der Waals surface area (Å²) < 4.78 is 16.5. The quantitative estimate of drug-likeness (QED) is 0.116. The smallest absolute Gasteiger partial charge is 0.308 e. The molecule has 5 heteroatoms. The maximum atomic E-state index is 11.2. The van der Waals surface area contributed by atoms with Crippen LogP contribution in [0.15, 0.2) is 78.9 Å². The topological polar surface area (TPSA) is 61.8 Å². The molecule has 0 aliphatic heterocycles. The highest BCUT2D eigenvalue weighted by atomic mass is 16.5. The van der Waals surface area contributed by atoms with E-state index in [4.69, 9.17) is 14.2 Å². The summed E-state index contributed by atoms with van der Waals surface area (Å²) >= 11 is 0. The monoisotopic (exact) mass is 534 g/mol. The summed E-state index contributed by atoms with van der Waals surface area (Å²) in [7, 11) is 0. The van der Waals surface area contributed by atoms with Gasteiger partial charge in [-0.2, -0.15) is 0 Å². The van der Waals surface area contributed by atoms with Gasteiger partial charge < -0.3 is 14.2 Å². The number of carbonyl (C=O) groups excluding carboxylic acids is 2. The molecule has 0 amide bonds. The molecule has 1 atom stereocenters. The van der Waals surface area contributed by atoms with Crippen molar-refractivity contribution in [1.82, 2.24) is 0 Å². The van der Waals surface area contributed by atoms with E-state index in [-0.39, 0.29) is 11.9 Å². The largest absolute Gasteiger partial charge is 0.493 e. The van der Waals surface area contributed by atoms with E-state index in [0.717, 1.165) is 45.2 Å². The van der Waals surface area contributed by atoms with Crippen molar-refractivity contribution in [2.24, 2.45) is 5.92 Å². The third kappa shape index (κ3) is 7.93. The molecule has 4 aromatic rings. The Labute approximate surface area is 235 Å². The van der Waals surface area contributed by atoms with Crippen LogP contribution in [0, 0.1) is 5.92 Å². The van der Waals surface area contributed by atoms with Crippen molar-refractivity contribution in [3.8, 4) is 17.2 Å². The Hall–Kier alpha value is -4.64. The molecule has 204 valence electrons. The van der Waals surface area contributed by atoms with E-state index >= 15 is 0 Å². The second kappa shape index (κ2) is 13.4. The standard InChI is InChI=1S/C35H34O5/c1-5-24(2)23-38-35-21-14-30-22-29(7-6-27-8-15-31(16-9-27)39-25(3)36)13-19-33(30)34(35)20-12-28-10-17-32(18-11-28)40-26(4)37/h6-22,24H,5,23H2,1-4H3/b7-6+,20-12+/t24-/m0/s1. The van der Waals surface area contributed by atoms with Crippen LogP contribution in [0.3, 0.4) is 0 Å². The summed E-state index contributed by atoms with van der Waals surface area (Å²) in [5.41, 5.74) is 4.08. The van der Waals surface area contributed by atoms with Gasteiger partial charge in [0.2, 0.25) is 0 Å². The molecule has 0 bridgehead atoms. The number of hydrogen-bond donors (Lipinski definition) is 0. The summed E-state index contributed by atoms with van der Waals surface area (Å²) in [4.78, 5) is 22.3. The van der Waals surface area contributed by atoms with Crippen molar-refractivity contribution in [3.63, 3.8) is 0 Å². The lowest BCUT2D eigenvalue weighted by Crippen LogP contribution is -2.08. The Morgan fingerprint density at radius 2 is 1.23 bits per heavy atom. The number of benzene rings is 4. The minimum atomic E-state index is -0.339. The lowest BCUT2D eigenvalue weighted by molar-refractivity contribution is -0.132. The summed E-state index contributed by atoms with van der Waals surface area (Å²) in [6.45, 7) is 7.78.